The molecule has 65 valence electrons. The number of ether oxygens (including phenoxy) is 1. The second-order valence-electron chi connectivity index (χ2n) is 2.62. The van der Waals surface area contributed by atoms with Crippen LogP contribution in [0.1, 0.15) is 0 Å². The van der Waals surface area contributed by atoms with Crippen LogP contribution in [0.5, 0.6) is 5.75 Å². The Morgan fingerprint density at radius 2 is 2.31 bits per heavy atom. The van der Waals surface area contributed by atoms with E-state index in [1.54, 1.807) is 7.11 Å². The van der Waals surface area contributed by atoms with Gasteiger partial charge in [0, 0.05) is 17.5 Å². The second kappa shape index (κ2) is 3.23. The van der Waals surface area contributed by atoms with Crippen LogP contribution >= 0.6 is 11.6 Å². The molecule has 1 heterocycles. The van der Waals surface area contributed by atoms with Crippen molar-refractivity contribution in [2.24, 2.45) is 0 Å². The molecule has 0 saturated carbocycles. The van der Waals surface area contributed by atoms with Crippen molar-refractivity contribution in [2.45, 2.75) is 0 Å². The van der Waals surface area contributed by atoms with Crippen LogP contribution in [0.2, 0.25) is 5.15 Å². The average Bonchev–Trinajstić information content (AvgIpc) is 2.16. The summed E-state index contributed by atoms with van der Waals surface area (Å²) in [7, 11) is 1.62. The molecule has 13 heavy (non-hydrogen) atoms. The summed E-state index contributed by atoms with van der Waals surface area (Å²) in [5.74, 6) is 0.780. The van der Waals surface area contributed by atoms with Crippen LogP contribution in [0.4, 0.5) is 0 Å². The zero-order chi connectivity index (χ0) is 9.26. The molecule has 2 aromatic rings. The van der Waals surface area contributed by atoms with E-state index in [4.69, 9.17) is 16.3 Å². The van der Waals surface area contributed by atoms with E-state index < -0.39 is 0 Å². The van der Waals surface area contributed by atoms with Gasteiger partial charge in [-0.15, -0.1) is 0 Å². The van der Waals surface area contributed by atoms with E-state index in [9.17, 15) is 0 Å². The van der Waals surface area contributed by atoms with Gasteiger partial charge in [0.2, 0.25) is 0 Å². The summed E-state index contributed by atoms with van der Waals surface area (Å²) in [4.78, 5) is 4.11. The minimum atomic E-state index is 0.376. The molecule has 0 aliphatic rings. The molecule has 2 rings (SSSR count). The molecule has 2 nitrogen and oxygen atoms in total. The van der Waals surface area contributed by atoms with Gasteiger partial charge in [0.25, 0.3) is 0 Å². The van der Waals surface area contributed by atoms with Gasteiger partial charge in [-0.05, 0) is 18.2 Å². The summed E-state index contributed by atoms with van der Waals surface area (Å²) in [6, 6.07) is 10.3. The molecule has 1 aromatic carbocycles. The van der Waals surface area contributed by atoms with Crippen molar-refractivity contribution in [2.75, 3.05) is 7.11 Å². The van der Waals surface area contributed by atoms with Gasteiger partial charge in [-0.25, -0.2) is 4.98 Å². The van der Waals surface area contributed by atoms with Crippen molar-refractivity contribution in [3.63, 3.8) is 0 Å². The van der Waals surface area contributed by atoms with E-state index >= 15 is 0 Å². The zero-order valence-corrected chi connectivity index (χ0v) is 7.80. The van der Waals surface area contributed by atoms with Crippen LogP contribution in [0.3, 0.4) is 0 Å². The third kappa shape index (κ3) is 1.58. The summed E-state index contributed by atoms with van der Waals surface area (Å²) in [5, 5.41) is 1.38. The predicted octanol–water partition coefficient (Wildman–Crippen LogP) is 2.70. The second-order valence-corrected chi connectivity index (χ2v) is 2.97. The highest BCUT2D eigenvalue weighted by Crippen LogP contribution is 2.20. The highest BCUT2D eigenvalue weighted by atomic mass is 35.5. The predicted molar refractivity (Wildman–Crippen MR) is 52.1 cm³/mol. The fraction of sp³-hybridized carbons (Fsp3) is 0.100. The minimum absolute atomic E-state index is 0.376. The van der Waals surface area contributed by atoms with Crippen molar-refractivity contribution in [3.8, 4) is 5.75 Å². The van der Waals surface area contributed by atoms with Gasteiger partial charge >= 0.3 is 0 Å². The van der Waals surface area contributed by atoms with Crippen LogP contribution in [0, 0.1) is 6.07 Å². The number of methoxy groups -OCH3 is 1. The molecule has 0 amide bonds. The number of rotatable bonds is 1. The topological polar surface area (TPSA) is 22.1 Å². The molecule has 0 fully saturated rings. The Hall–Kier alpha value is -1.28. The number of hydrogen-bond acceptors (Lipinski definition) is 2. The molecular weight excluding hydrogens is 186 g/mol. The van der Waals surface area contributed by atoms with E-state index in [1.807, 2.05) is 24.3 Å². The zero-order valence-electron chi connectivity index (χ0n) is 7.04. The van der Waals surface area contributed by atoms with E-state index in [2.05, 4.69) is 11.1 Å². The van der Waals surface area contributed by atoms with Crippen molar-refractivity contribution >= 4 is 22.5 Å². The Morgan fingerprint density at radius 3 is 3.08 bits per heavy atom. The molecule has 0 bridgehead atoms. The average molecular weight is 193 g/mol. The van der Waals surface area contributed by atoms with Crippen molar-refractivity contribution < 1.29 is 4.74 Å². The summed E-state index contributed by atoms with van der Waals surface area (Å²) in [6.07, 6.45) is 0. The SMILES string of the molecule is COc1ccc2c[c]c(Cl)nc2c1. The van der Waals surface area contributed by atoms with Crippen LogP contribution in [-0.4, -0.2) is 12.1 Å². The first-order valence-electron chi connectivity index (χ1n) is 3.81. The van der Waals surface area contributed by atoms with Gasteiger partial charge < -0.3 is 4.74 Å². The molecule has 0 aliphatic carbocycles. The Balaban J connectivity index is 2.68. The Bertz CT molecular complexity index is 442. The van der Waals surface area contributed by atoms with Crippen LogP contribution in [0.25, 0.3) is 10.9 Å². The van der Waals surface area contributed by atoms with Crippen LogP contribution in [0.15, 0.2) is 24.3 Å². The van der Waals surface area contributed by atoms with Gasteiger partial charge in [0.1, 0.15) is 10.9 Å². The molecule has 0 aliphatic heterocycles. The molecule has 0 saturated heterocycles. The number of fused-ring (bicyclic) bond motifs is 1. The highest BCUT2D eigenvalue weighted by molar-refractivity contribution is 6.29. The number of benzene rings is 1. The third-order valence-corrected chi connectivity index (χ3v) is 2.00. The molecular formula is C10H7ClNO. The first kappa shape index (κ1) is 8.32. The van der Waals surface area contributed by atoms with E-state index in [1.165, 1.54) is 0 Å². The van der Waals surface area contributed by atoms with Gasteiger partial charge in [0.05, 0.1) is 12.6 Å². The Labute approximate surface area is 81.1 Å². The fourth-order valence-corrected chi connectivity index (χ4v) is 1.29. The third-order valence-electron chi connectivity index (χ3n) is 1.80. The van der Waals surface area contributed by atoms with Gasteiger partial charge in [0.15, 0.2) is 0 Å². The van der Waals surface area contributed by atoms with Gasteiger partial charge in [-0.3, -0.25) is 0 Å². The largest absolute Gasteiger partial charge is 0.497 e. The molecule has 0 spiro atoms. The lowest BCUT2D eigenvalue weighted by Crippen LogP contribution is -1.84. The fourth-order valence-electron chi connectivity index (χ4n) is 1.14. The highest BCUT2D eigenvalue weighted by Gasteiger charge is 1.98. The number of aromatic nitrogens is 1. The van der Waals surface area contributed by atoms with Crippen molar-refractivity contribution in [1.29, 1.82) is 0 Å². The first-order chi connectivity index (χ1) is 6.29. The van der Waals surface area contributed by atoms with E-state index in [0.29, 0.717) is 5.15 Å². The monoisotopic (exact) mass is 192 g/mol. The summed E-state index contributed by atoms with van der Waals surface area (Å²) in [6.45, 7) is 0. The lowest BCUT2D eigenvalue weighted by atomic mass is 10.2. The van der Waals surface area contributed by atoms with Crippen LogP contribution < -0.4 is 4.74 Å². The Kier molecular flexibility index (Phi) is 2.07. The van der Waals surface area contributed by atoms with Crippen molar-refractivity contribution in [3.05, 3.63) is 35.5 Å². The summed E-state index contributed by atoms with van der Waals surface area (Å²) in [5.41, 5.74) is 0.822. The number of hydrogen-bond donors (Lipinski definition) is 0. The maximum atomic E-state index is 5.71. The van der Waals surface area contributed by atoms with E-state index in [0.717, 1.165) is 16.7 Å². The van der Waals surface area contributed by atoms with Crippen molar-refractivity contribution in [1.82, 2.24) is 4.98 Å². The quantitative estimate of drug-likeness (QED) is 0.649. The van der Waals surface area contributed by atoms with Crippen LogP contribution in [-0.2, 0) is 0 Å². The Morgan fingerprint density at radius 1 is 1.46 bits per heavy atom. The molecule has 0 atom stereocenters. The van der Waals surface area contributed by atoms with E-state index in [-0.39, 0.29) is 0 Å². The molecule has 1 radical (unpaired) electrons. The molecule has 0 unspecified atom stereocenters. The van der Waals surface area contributed by atoms with Gasteiger partial charge in [-0.1, -0.05) is 11.6 Å². The molecule has 0 N–H and O–H groups in total. The standard InChI is InChI=1S/C10H7ClNO/c1-13-8-4-2-7-3-5-10(11)12-9(7)6-8/h2-4,6H,1H3. The normalized spacial score (nSPS) is 10.3. The van der Waals surface area contributed by atoms with Gasteiger partial charge in [-0.2, -0.15) is 0 Å². The lowest BCUT2D eigenvalue weighted by molar-refractivity contribution is 0.415. The molecule has 3 heteroatoms. The maximum absolute atomic E-state index is 5.71. The lowest BCUT2D eigenvalue weighted by Gasteiger charge is -2.01. The summed E-state index contributed by atoms with van der Waals surface area (Å²) < 4.78 is 5.07. The summed E-state index contributed by atoms with van der Waals surface area (Å²) >= 11 is 5.71. The molecule has 1 aromatic heterocycles. The smallest absolute Gasteiger partial charge is 0.137 e. The first-order valence-corrected chi connectivity index (χ1v) is 4.19. The minimum Gasteiger partial charge on any atom is -0.497 e. The number of pyridine rings is 1. The number of halogens is 1. The number of nitrogens with zero attached hydrogens (tertiary/aromatic N) is 1. The maximum Gasteiger partial charge on any atom is 0.137 e.